The summed E-state index contributed by atoms with van der Waals surface area (Å²) in [6, 6.07) is 0. The predicted octanol–water partition coefficient (Wildman–Crippen LogP) is 1.74. The van der Waals surface area contributed by atoms with Gasteiger partial charge in [-0.2, -0.15) is 0 Å². The molecule has 0 aliphatic heterocycles. The molecule has 1 aromatic rings. The van der Waals surface area contributed by atoms with Gasteiger partial charge in [0.05, 0.1) is 29.7 Å². The van der Waals surface area contributed by atoms with Gasteiger partial charge in [-0.15, -0.1) is 0 Å². The predicted molar refractivity (Wildman–Crippen MR) is 57.9 cm³/mol. The summed E-state index contributed by atoms with van der Waals surface area (Å²) in [7, 11) is 0. The zero-order chi connectivity index (χ0) is 14.6. The Morgan fingerprint density at radius 3 is 2.74 bits per heavy atom. The second-order valence-electron chi connectivity index (χ2n) is 3.40. The van der Waals surface area contributed by atoms with E-state index < -0.39 is 46.4 Å². The summed E-state index contributed by atoms with van der Waals surface area (Å²) in [5, 5.41) is 20.1. The first-order valence-electron chi connectivity index (χ1n) is 5.17. The largest absolute Gasteiger partial charge is 0.501 e. The first-order chi connectivity index (χ1) is 8.88. The molecule has 0 aromatic carbocycles. The molecule has 1 N–H and O–H groups in total. The van der Waals surface area contributed by atoms with Gasteiger partial charge in [0.25, 0.3) is 6.43 Å². The van der Waals surface area contributed by atoms with E-state index in [2.05, 4.69) is 9.72 Å². The Morgan fingerprint density at radius 2 is 2.26 bits per heavy atom. The lowest BCUT2D eigenvalue weighted by atomic mass is 10.1. The van der Waals surface area contributed by atoms with E-state index in [-0.39, 0.29) is 6.61 Å². The summed E-state index contributed by atoms with van der Waals surface area (Å²) < 4.78 is 30.0. The third-order valence-corrected chi connectivity index (χ3v) is 2.18. The molecule has 0 saturated heterocycles. The maximum Gasteiger partial charge on any atom is 0.318 e. The molecule has 7 nitrogen and oxygen atoms in total. The highest BCUT2D eigenvalue weighted by molar-refractivity contribution is 5.75. The lowest BCUT2D eigenvalue weighted by Gasteiger charge is -2.09. The number of halogens is 2. The van der Waals surface area contributed by atoms with E-state index in [9.17, 15) is 28.8 Å². The lowest BCUT2D eigenvalue weighted by molar-refractivity contribution is -0.386. The van der Waals surface area contributed by atoms with Crippen LogP contribution >= 0.6 is 0 Å². The molecule has 104 valence electrons. The van der Waals surface area contributed by atoms with Crippen molar-refractivity contribution in [2.24, 2.45) is 0 Å². The fourth-order valence-electron chi connectivity index (χ4n) is 1.47. The number of nitro groups is 1. The zero-order valence-electron chi connectivity index (χ0n) is 9.80. The van der Waals surface area contributed by atoms with Gasteiger partial charge in [0, 0.05) is 0 Å². The van der Waals surface area contributed by atoms with Crippen molar-refractivity contribution in [1.82, 2.24) is 4.98 Å². The number of ether oxygens (including phenoxy) is 1. The molecule has 19 heavy (non-hydrogen) atoms. The monoisotopic (exact) mass is 276 g/mol. The Morgan fingerprint density at radius 1 is 1.63 bits per heavy atom. The minimum atomic E-state index is -3.11. The molecule has 0 aliphatic carbocycles. The topological polar surface area (TPSA) is 103 Å². The molecule has 0 atom stereocenters. The third-order valence-electron chi connectivity index (χ3n) is 2.18. The molecular weight excluding hydrogens is 266 g/mol. The molecule has 0 radical (unpaired) electrons. The molecule has 0 fully saturated rings. The first kappa shape index (κ1) is 14.7. The minimum absolute atomic E-state index is 0.00286. The second-order valence-corrected chi connectivity index (χ2v) is 3.40. The molecule has 9 heteroatoms. The smallest absolute Gasteiger partial charge is 0.318 e. The SMILES string of the molecule is CCOC(=O)Cc1c(C(F)F)ncc(O)c1[N+](=O)[O-]. The maximum atomic E-state index is 12.7. The molecule has 0 saturated carbocycles. The first-order valence-corrected chi connectivity index (χ1v) is 5.17. The number of esters is 1. The van der Waals surface area contributed by atoms with Crippen LogP contribution in [0.15, 0.2) is 6.20 Å². The summed E-state index contributed by atoms with van der Waals surface area (Å²) in [4.78, 5) is 24.2. The van der Waals surface area contributed by atoms with Crippen LogP contribution in [0.4, 0.5) is 14.5 Å². The second kappa shape index (κ2) is 6.03. The van der Waals surface area contributed by atoms with E-state index in [4.69, 9.17) is 0 Å². The van der Waals surface area contributed by atoms with Crippen LogP contribution in [0.2, 0.25) is 0 Å². The summed E-state index contributed by atoms with van der Waals surface area (Å²) in [6.45, 7) is 1.50. The molecule has 1 rings (SSSR count). The Kier molecular flexibility index (Phi) is 4.67. The average Bonchev–Trinajstić information content (AvgIpc) is 2.28. The highest BCUT2D eigenvalue weighted by Crippen LogP contribution is 2.35. The Balaban J connectivity index is 3.33. The number of carbonyl (C=O) groups excluding carboxylic acids is 1. The van der Waals surface area contributed by atoms with Gasteiger partial charge in [-0.1, -0.05) is 0 Å². The summed E-state index contributed by atoms with van der Waals surface area (Å²) in [5.74, 6) is -1.80. The van der Waals surface area contributed by atoms with Gasteiger partial charge >= 0.3 is 11.7 Å². The highest BCUT2D eigenvalue weighted by Gasteiger charge is 2.30. The van der Waals surface area contributed by atoms with E-state index in [1.54, 1.807) is 0 Å². The Hall–Kier alpha value is -2.32. The van der Waals surface area contributed by atoms with Crippen molar-refractivity contribution in [2.75, 3.05) is 6.61 Å². The van der Waals surface area contributed by atoms with E-state index in [0.29, 0.717) is 6.20 Å². The van der Waals surface area contributed by atoms with Crippen molar-refractivity contribution in [3.63, 3.8) is 0 Å². The number of nitrogens with zero attached hydrogens (tertiary/aromatic N) is 2. The van der Waals surface area contributed by atoms with E-state index in [1.807, 2.05) is 0 Å². The highest BCUT2D eigenvalue weighted by atomic mass is 19.3. The van der Waals surface area contributed by atoms with Crippen molar-refractivity contribution in [3.8, 4) is 5.75 Å². The summed E-state index contributed by atoms with van der Waals surface area (Å²) in [5.41, 5.74) is -2.52. The fourth-order valence-corrected chi connectivity index (χ4v) is 1.47. The van der Waals surface area contributed by atoms with Crippen LogP contribution in [0, 0.1) is 10.1 Å². The number of aromatic nitrogens is 1. The van der Waals surface area contributed by atoms with Gasteiger partial charge in [0.2, 0.25) is 5.75 Å². The van der Waals surface area contributed by atoms with Crippen molar-refractivity contribution in [3.05, 3.63) is 27.6 Å². The van der Waals surface area contributed by atoms with Crippen LogP contribution in [0.5, 0.6) is 5.75 Å². The molecule has 0 aliphatic rings. The number of alkyl halides is 2. The van der Waals surface area contributed by atoms with Crippen molar-refractivity contribution >= 4 is 11.7 Å². The number of hydrogen-bond acceptors (Lipinski definition) is 6. The Labute approximate surface area is 106 Å². The van der Waals surface area contributed by atoms with Crippen molar-refractivity contribution in [1.29, 1.82) is 0 Å². The average molecular weight is 276 g/mol. The Bertz CT molecular complexity index is 507. The van der Waals surface area contributed by atoms with Gasteiger partial charge in [-0.3, -0.25) is 19.9 Å². The van der Waals surface area contributed by atoms with Crippen LogP contribution in [0.1, 0.15) is 24.6 Å². The lowest BCUT2D eigenvalue weighted by Crippen LogP contribution is -2.12. The zero-order valence-corrected chi connectivity index (χ0v) is 9.80. The van der Waals surface area contributed by atoms with Crippen LogP contribution < -0.4 is 0 Å². The van der Waals surface area contributed by atoms with Gasteiger partial charge in [-0.25, -0.2) is 8.78 Å². The molecule has 1 heterocycles. The number of rotatable bonds is 5. The normalized spacial score (nSPS) is 10.5. The minimum Gasteiger partial charge on any atom is -0.501 e. The summed E-state index contributed by atoms with van der Waals surface area (Å²) in [6.07, 6.45) is -3.32. The van der Waals surface area contributed by atoms with Gasteiger partial charge in [0.15, 0.2) is 0 Å². The number of carbonyl (C=O) groups is 1. The fraction of sp³-hybridized carbons (Fsp3) is 0.400. The van der Waals surface area contributed by atoms with Gasteiger partial charge in [0.1, 0.15) is 5.69 Å². The van der Waals surface area contributed by atoms with Crippen LogP contribution in [0.3, 0.4) is 0 Å². The summed E-state index contributed by atoms with van der Waals surface area (Å²) >= 11 is 0. The number of aromatic hydroxyl groups is 1. The van der Waals surface area contributed by atoms with Crippen LogP contribution in [-0.2, 0) is 16.0 Å². The van der Waals surface area contributed by atoms with Crippen molar-refractivity contribution < 1.29 is 28.3 Å². The van der Waals surface area contributed by atoms with Crippen LogP contribution in [0.25, 0.3) is 0 Å². The quantitative estimate of drug-likeness (QED) is 0.499. The van der Waals surface area contributed by atoms with E-state index in [1.165, 1.54) is 6.92 Å². The number of pyridine rings is 1. The van der Waals surface area contributed by atoms with Crippen molar-refractivity contribution in [2.45, 2.75) is 19.8 Å². The van der Waals surface area contributed by atoms with Gasteiger partial charge in [-0.05, 0) is 6.92 Å². The molecule has 0 spiro atoms. The van der Waals surface area contributed by atoms with E-state index >= 15 is 0 Å². The number of hydrogen-bond donors (Lipinski definition) is 1. The van der Waals surface area contributed by atoms with Crippen LogP contribution in [-0.4, -0.2) is 27.6 Å². The van der Waals surface area contributed by atoms with E-state index in [0.717, 1.165) is 0 Å². The molecule has 0 bridgehead atoms. The standard InChI is InChI=1S/C10H10F2N2O5/c1-2-19-7(16)3-5-8(10(11)12)13-4-6(15)9(5)14(17)18/h4,10,15H,2-3H2,1H3. The maximum absolute atomic E-state index is 12.7. The molecular formula is C10H10F2N2O5. The molecule has 0 unspecified atom stereocenters. The molecule has 1 aromatic heterocycles. The molecule has 0 amide bonds. The third kappa shape index (κ3) is 3.33. The van der Waals surface area contributed by atoms with Gasteiger partial charge < -0.3 is 9.84 Å².